The van der Waals surface area contributed by atoms with Crippen LogP contribution < -0.4 is 56.8 Å². The molecule has 226 valence electrons. The fraction of sp³-hybridized carbons (Fsp3) is 0.414. The first-order chi connectivity index (χ1) is 19.6. The summed E-state index contributed by atoms with van der Waals surface area (Å²) in [5.41, 5.74) is 13.5. The van der Waals surface area contributed by atoms with E-state index in [9.17, 15) is 19.8 Å². The molecule has 1 fully saturated rings. The maximum Gasteiger partial charge on any atom is 1.00 e. The van der Waals surface area contributed by atoms with Crippen molar-refractivity contribution in [2.75, 3.05) is 19.7 Å². The molecule has 3 rings (SSSR count). The van der Waals surface area contributed by atoms with E-state index in [1.165, 1.54) is 6.92 Å². The van der Waals surface area contributed by atoms with Gasteiger partial charge in [-0.05, 0) is 36.6 Å². The Balaban J connectivity index is 0.00000190. The summed E-state index contributed by atoms with van der Waals surface area (Å²) < 4.78 is 11.5. The monoisotopic (exact) mass is 596 g/mol. The normalized spacial score (nSPS) is 18.4. The molecule has 1 saturated heterocycles. The van der Waals surface area contributed by atoms with Crippen LogP contribution in [0.5, 0.6) is 0 Å². The summed E-state index contributed by atoms with van der Waals surface area (Å²) in [5.74, 6) is -0.541. The number of hydrogen-bond donors (Lipinski definition) is 6. The molecule has 42 heavy (non-hydrogen) atoms. The summed E-state index contributed by atoms with van der Waals surface area (Å²) >= 11 is 0. The van der Waals surface area contributed by atoms with E-state index in [4.69, 9.17) is 25.1 Å². The summed E-state index contributed by atoms with van der Waals surface area (Å²) in [4.78, 5) is 29.9. The Bertz CT molecular complexity index is 1070. The third-order valence-corrected chi connectivity index (χ3v) is 5.63. The van der Waals surface area contributed by atoms with Crippen LogP contribution in [-0.2, 0) is 19.1 Å². The van der Waals surface area contributed by atoms with Crippen LogP contribution in [0.3, 0.4) is 0 Å². The van der Waals surface area contributed by atoms with Gasteiger partial charge in [0.15, 0.2) is 6.29 Å². The van der Waals surface area contributed by atoms with Crippen LogP contribution in [0.2, 0.25) is 0 Å². The summed E-state index contributed by atoms with van der Waals surface area (Å²) in [5, 5.41) is 34.8. The van der Waals surface area contributed by atoms with E-state index in [0.29, 0.717) is 30.5 Å². The molecule has 1 aliphatic rings. The number of rotatable bonds is 11. The SMILES string of the molecule is CC(N)=O.CCN/C=C(\N)COC1CC(O)CC(C(O)CCNC(=O)c2ccc(-c3ccccc3)cc2)O1.O=C[O-].[Na+]. The van der Waals surface area contributed by atoms with Crippen molar-refractivity contribution in [1.29, 1.82) is 0 Å². The number of ether oxygens (including phenoxy) is 2. The number of nitrogens with one attached hydrogen (secondary N) is 2. The van der Waals surface area contributed by atoms with Gasteiger partial charge in [0.25, 0.3) is 5.91 Å². The second kappa shape index (κ2) is 22.6. The van der Waals surface area contributed by atoms with E-state index in [1.807, 2.05) is 49.4 Å². The number of amides is 2. The van der Waals surface area contributed by atoms with Gasteiger partial charge < -0.3 is 51.7 Å². The number of aliphatic hydroxyl groups excluding tert-OH is 2. The van der Waals surface area contributed by atoms with E-state index in [0.717, 1.165) is 17.7 Å². The zero-order valence-corrected chi connectivity index (χ0v) is 26.4. The molecule has 0 saturated carbocycles. The first-order valence-corrected chi connectivity index (χ1v) is 13.2. The number of benzene rings is 2. The fourth-order valence-electron chi connectivity index (χ4n) is 3.78. The Morgan fingerprint density at radius 1 is 1.12 bits per heavy atom. The largest absolute Gasteiger partial charge is 1.00 e. The molecule has 0 aromatic heterocycles. The van der Waals surface area contributed by atoms with E-state index in [1.54, 1.807) is 18.3 Å². The summed E-state index contributed by atoms with van der Waals surface area (Å²) in [7, 11) is 0. The van der Waals surface area contributed by atoms with E-state index in [-0.39, 0.29) is 54.5 Å². The van der Waals surface area contributed by atoms with Gasteiger partial charge in [0, 0.05) is 51.1 Å². The van der Waals surface area contributed by atoms with Crippen LogP contribution in [0.4, 0.5) is 0 Å². The smallest absolute Gasteiger partial charge is 0.554 e. The van der Waals surface area contributed by atoms with Crippen LogP contribution in [0.1, 0.15) is 43.5 Å². The van der Waals surface area contributed by atoms with Gasteiger partial charge in [-0.25, -0.2) is 0 Å². The average molecular weight is 597 g/mol. The number of aliphatic hydroxyl groups is 2. The van der Waals surface area contributed by atoms with Crippen LogP contribution >= 0.6 is 0 Å². The Morgan fingerprint density at radius 2 is 1.69 bits per heavy atom. The number of carbonyl (C=O) groups is 3. The third kappa shape index (κ3) is 16.5. The fourth-order valence-corrected chi connectivity index (χ4v) is 3.78. The van der Waals surface area contributed by atoms with Crippen LogP contribution in [-0.4, -0.2) is 72.8 Å². The second-order valence-electron chi connectivity index (χ2n) is 9.08. The maximum atomic E-state index is 12.5. The molecule has 1 heterocycles. The van der Waals surface area contributed by atoms with Gasteiger partial charge in [-0.15, -0.1) is 0 Å². The molecule has 0 aliphatic carbocycles. The van der Waals surface area contributed by atoms with Crippen molar-refractivity contribution < 1.29 is 68.7 Å². The number of primary amides is 1. The third-order valence-electron chi connectivity index (χ3n) is 5.63. The van der Waals surface area contributed by atoms with Crippen molar-refractivity contribution in [2.45, 2.75) is 57.7 Å². The predicted molar refractivity (Wildman–Crippen MR) is 152 cm³/mol. The van der Waals surface area contributed by atoms with Gasteiger partial charge in [0.1, 0.15) is 0 Å². The minimum Gasteiger partial charge on any atom is -0.554 e. The molecule has 0 radical (unpaired) electrons. The standard InChI is InChI=1S/C26H35N3O5.C2H5NO.CH2O2.Na/c1-2-28-16-21(27)17-33-25-15-22(30)14-24(34-25)23(31)12-13-29-26(32)20-10-8-19(9-11-20)18-6-4-3-5-7-18;1-2(3)4;2-1-3;/h3-11,16,22-25,28,30-31H,2,12-15,17,27H2,1H3,(H,29,32);1H3,(H2,3,4);1H,(H,2,3);/q;;;+1/p-1/b21-16-;;;. The van der Waals surface area contributed by atoms with Crippen LogP contribution in [0, 0.1) is 0 Å². The molecule has 8 N–H and O–H groups in total. The minimum absolute atomic E-state index is 0. The number of nitrogens with two attached hydrogens (primary N) is 2. The van der Waals surface area contributed by atoms with Crippen molar-refractivity contribution in [2.24, 2.45) is 11.5 Å². The zero-order chi connectivity index (χ0) is 30.6. The van der Waals surface area contributed by atoms with Crippen LogP contribution in [0.15, 0.2) is 66.5 Å². The van der Waals surface area contributed by atoms with Crippen molar-refractivity contribution in [3.63, 3.8) is 0 Å². The first kappa shape index (κ1) is 39.0. The van der Waals surface area contributed by atoms with Gasteiger partial charge >= 0.3 is 29.6 Å². The Morgan fingerprint density at radius 3 is 2.26 bits per heavy atom. The molecular weight excluding hydrogens is 555 g/mol. The molecule has 1 aliphatic heterocycles. The van der Waals surface area contributed by atoms with Gasteiger partial charge in [-0.3, -0.25) is 9.59 Å². The van der Waals surface area contributed by atoms with Gasteiger partial charge in [0.05, 0.1) is 30.6 Å². The van der Waals surface area contributed by atoms with Crippen LogP contribution in [0.25, 0.3) is 11.1 Å². The quantitative estimate of drug-likeness (QED) is 0.114. The molecule has 0 bridgehead atoms. The zero-order valence-electron chi connectivity index (χ0n) is 24.4. The first-order valence-electron chi connectivity index (χ1n) is 13.2. The van der Waals surface area contributed by atoms with Crippen molar-refractivity contribution in [1.82, 2.24) is 10.6 Å². The Kier molecular flexibility index (Phi) is 21.0. The summed E-state index contributed by atoms with van der Waals surface area (Å²) in [6.45, 7) is 3.96. The Hall–Kier alpha value is -2.97. The second-order valence-corrected chi connectivity index (χ2v) is 9.08. The molecule has 4 unspecified atom stereocenters. The summed E-state index contributed by atoms with van der Waals surface area (Å²) in [6, 6.07) is 17.3. The molecule has 12 nitrogen and oxygen atoms in total. The predicted octanol–water partition coefficient (Wildman–Crippen LogP) is -3.01. The minimum atomic E-state index is -0.851. The molecular formula is C29H41N4NaO8. The Labute approximate surface area is 268 Å². The molecule has 13 heteroatoms. The molecule has 4 atom stereocenters. The molecule has 2 amide bonds. The number of carboxylic acid groups (broad SMARTS) is 1. The topological polar surface area (TPSA) is 209 Å². The van der Waals surface area contributed by atoms with E-state index in [2.05, 4.69) is 16.4 Å². The average Bonchev–Trinajstić information content (AvgIpc) is 2.95. The van der Waals surface area contributed by atoms with Gasteiger partial charge in [-0.2, -0.15) is 0 Å². The van der Waals surface area contributed by atoms with Gasteiger partial charge in [-0.1, -0.05) is 42.5 Å². The number of carbonyl (C=O) groups excluding carboxylic acids is 3. The van der Waals surface area contributed by atoms with Gasteiger partial charge in [0.2, 0.25) is 5.91 Å². The molecule has 0 spiro atoms. The van der Waals surface area contributed by atoms with Crippen molar-refractivity contribution in [3.05, 3.63) is 72.1 Å². The van der Waals surface area contributed by atoms with Crippen molar-refractivity contribution >= 4 is 18.3 Å². The number of hydrogen-bond acceptors (Lipinski definition) is 10. The van der Waals surface area contributed by atoms with E-state index >= 15 is 0 Å². The van der Waals surface area contributed by atoms with E-state index < -0.39 is 31.1 Å². The van der Waals surface area contributed by atoms with Crippen molar-refractivity contribution in [3.8, 4) is 11.1 Å². The molecule has 2 aromatic carbocycles. The maximum absolute atomic E-state index is 12.5. The molecule has 2 aromatic rings. The summed E-state index contributed by atoms with van der Waals surface area (Å²) in [6.07, 6.45) is -0.160.